The fourth-order valence-corrected chi connectivity index (χ4v) is 4.12. The third-order valence-corrected chi connectivity index (χ3v) is 5.72. The van der Waals surface area contributed by atoms with Crippen LogP contribution in [-0.2, 0) is 21.2 Å². The third kappa shape index (κ3) is 5.99. The first-order valence-corrected chi connectivity index (χ1v) is 11.0. The summed E-state index contributed by atoms with van der Waals surface area (Å²) < 4.78 is 30.8. The zero-order valence-electron chi connectivity index (χ0n) is 16.8. The summed E-state index contributed by atoms with van der Waals surface area (Å²) in [7, 11) is -1.97. The number of amides is 1. The van der Waals surface area contributed by atoms with Gasteiger partial charge in [0.25, 0.3) is 0 Å². The first kappa shape index (κ1) is 21.8. The van der Waals surface area contributed by atoms with Crippen molar-refractivity contribution in [3.8, 4) is 5.75 Å². The molecule has 0 spiro atoms. The van der Waals surface area contributed by atoms with Gasteiger partial charge in [0.1, 0.15) is 11.8 Å². The maximum Gasteiger partial charge on any atom is 0.243 e. The van der Waals surface area contributed by atoms with E-state index in [9.17, 15) is 13.2 Å². The Balaban J connectivity index is 1.94. The number of benzene rings is 2. The molecule has 1 amide bonds. The van der Waals surface area contributed by atoms with Crippen molar-refractivity contribution in [2.24, 2.45) is 0 Å². The standard InChI is InChI=1S/C21H28N2O4S/c1-16-7-11-19(12-8-16)23(28(4,25)26)17(2)21(24)22-15-5-6-18-9-13-20(27-3)14-10-18/h7-14,17H,5-6,15H2,1-4H3,(H,22,24). The van der Waals surface area contributed by atoms with Gasteiger partial charge in [-0.3, -0.25) is 9.10 Å². The van der Waals surface area contributed by atoms with Crippen molar-refractivity contribution in [3.05, 3.63) is 59.7 Å². The van der Waals surface area contributed by atoms with Crippen LogP contribution in [0.3, 0.4) is 0 Å². The summed E-state index contributed by atoms with van der Waals surface area (Å²) in [5.74, 6) is 0.489. The minimum atomic E-state index is -3.59. The van der Waals surface area contributed by atoms with E-state index >= 15 is 0 Å². The maximum absolute atomic E-state index is 12.5. The molecule has 0 heterocycles. The lowest BCUT2D eigenvalue weighted by atomic mass is 10.1. The smallest absolute Gasteiger partial charge is 0.243 e. The molecule has 2 aromatic carbocycles. The molecule has 0 aliphatic rings. The summed E-state index contributed by atoms with van der Waals surface area (Å²) in [6.07, 6.45) is 2.68. The maximum atomic E-state index is 12.5. The van der Waals surface area contributed by atoms with Gasteiger partial charge in [0, 0.05) is 6.54 Å². The number of carbonyl (C=O) groups is 1. The van der Waals surface area contributed by atoms with Crippen LogP contribution in [0.25, 0.3) is 0 Å². The van der Waals surface area contributed by atoms with Gasteiger partial charge in [-0.25, -0.2) is 8.42 Å². The number of hydrogen-bond donors (Lipinski definition) is 1. The zero-order valence-corrected chi connectivity index (χ0v) is 17.6. The van der Waals surface area contributed by atoms with Gasteiger partial charge in [-0.2, -0.15) is 0 Å². The van der Waals surface area contributed by atoms with E-state index in [2.05, 4.69) is 5.32 Å². The van der Waals surface area contributed by atoms with Crippen LogP contribution in [0.4, 0.5) is 5.69 Å². The molecule has 6 nitrogen and oxygen atoms in total. The number of ether oxygens (including phenoxy) is 1. The molecule has 7 heteroatoms. The highest BCUT2D eigenvalue weighted by atomic mass is 32.2. The van der Waals surface area contributed by atoms with Gasteiger partial charge in [-0.05, 0) is 56.5 Å². The molecule has 1 N–H and O–H groups in total. The van der Waals surface area contributed by atoms with E-state index in [1.54, 1.807) is 26.2 Å². The fraction of sp³-hybridized carbons (Fsp3) is 0.381. The lowest BCUT2D eigenvalue weighted by molar-refractivity contribution is -0.121. The van der Waals surface area contributed by atoms with E-state index in [0.717, 1.165) is 40.3 Å². The van der Waals surface area contributed by atoms with Gasteiger partial charge in [-0.1, -0.05) is 29.8 Å². The Hall–Kier alpha value is -2.54. The first-order chi connectivity index (χ1) is 13.2. The molecule has 0 aromatic heterocycles. The first-order valence-electron chi connectivity index (χ1n) is 9.19. The molecule has 152 valence electrons. The second-order valence-electron chi connectivity index (χ2n) is 6.81. The van der Waals surface area contributed by atoms with Gasteiger partial charge in [0.05, 0.1) is 19.1 Å². The molecule has 2 rings (SSSR count). The number of hydrogen-bond acceptors (Lipinski definition) is 4. The van der Waals surface area contributed by atoms with E-state index in [1.807, 2.05) is 43.3 Å². The van der Waals surface area contributed by atoms with Crippen LogP contribution in [0, 0.1) is 6.92 Å². The molecule has 0 fully saturated rings. The second-order valence-corrected chi connectivity index (χ2v) is 8.67. The summed E-state index contributed by atoms with van der Waals surface area (Å²) >= 11 is 0. The second kappa shape index (κ2) is 9.59. The lowest BCUT2D eigenvalue weighted by Gasteiger charge is -2.28. The molecule has 0 radical (unpaired) electrons. The number of nitrogens with zero attached hydrogens (tertiary/aromatic N) is 1. The summed E-state index contributed by atoms with van der Waals surface area (Å²) in [5, 5.41) is 2.84. The Bertz CT molecular complexity index is 878. The Morgan fingerprint density at radius 2 is 1.71 bits per heavy atom. The minimum Gasteiger partial charge on any atom is -0.497 e. The molecular formula is C21H28N2O4S. The van der Waals surface area contributed by atoms with Crippen molar-refractivity contribution < 1.29 is 17.9 Å². The van der Waals surface area contributed by atoms with Crippen LogP contribution in [0.1, 0.15) is 24.5 Å². The highest BCUT2D eigenvalue weighted by Gasteiger charge is 2.28. The topological polar surface area (TPSA) is 75.7 Å². The number of anilines is 1. The summed E-state index contributed by atoms with van der Waals surface area (Å²) in [6, 6.07) is 14.0. The lowest BCUT2D eigenvalue weighted by Crippen LogP contribution is -2.48. The van der Waals surface area contributed by atoms with E-state index < -0.39 is 16.1 Å². The van der Waals surface area contributed by atoms with Crippen LogP contribution >= 0.6 is 0 Å². The van der Waals surface area contributed by atoms with E-state index in [4.69, 9.17) is 4.74 Å². The molecule has 0 saturated carbocycles. The number of rotatable bonds is 9. The van der Waals surface area contributed by atoms with Gasteiger partial charge in [0.2, 0.25) is 15.9 Å². The minimum absolute atomic E-state index is 0.319. The van der Waals surface area contributed by atoms with E-state index in [-0.39, 0.29) is 5.91 Å². The molecule has 0 bridgehead atoms. The molecule has 1 unspecified atom stereocenters. The highest BCUT2D eigenvalue weighted by molar-refractivity contribution is 7.92. The number of sulfonamides is 1. The van der Waals surface area contributed by atoms with E-state index in [1.165, 1.54) is 0 Å². The third-order valence-electron chi connectivity index (χ3n) is 4.48. The van der Waals surface area contributed by atoms with Gasteiger partial charge >= 0.3 is 0 Å². The quantitative estimate of drug-likeness (QED) is 0.652. The van der Waals surface area contributed by atoms with Gasteiger partial charge < -0.3 is 10.1 Å². The molecular weight excluding hydrogens is 376 g/mol. The monoisotopic (exact) mass is 404 g/mol. The number of methoxy groups -OCH3 is 1. The predicted molar refractivity (Wildman–Crippen MR) is 112 cm³/mol. The SMILES string of the molecule is COc1ccc(CCCNC(=O)C(C)N(c2ccc(C)cc2)S(C)(=O)=O)cc1. The van der Waals surface area contributed by atoms with Crippen LogP contribution < -0.4 is 14.4 Å². The van der Waals surface area contributed by atoms with Gasteiger partial charge in [0.15, 0.2) is 0 Å². The average Bonchev–Trinajstić information content (AvgIpc) is 2.66. The van der Waals surface area contributed by atoms with E-state index in [0.29, 0.717) is 12.2 Å². The molecule has 2 aromatic rings. The van der Waals surface area contributed by atoms with Crippen molar-refractivity contribution in [2.75, 3.05) is 24.2 Å². The van der Waals surface area contributed by atoms with Gasteiger partial charge in [-0.15, -0.1) is 0 Å². The van der Waals surface area contributed by atoms with Crippen molar-refractivity contribution in [3.63, 3.8) is 0 Å². The molecule has 28 heavy (non-hydrogen) atoms. The van der Waals surface area contributed by atoms with Crippen LogP contribution in [0.5, 0.6) is 5.75 Å². The van der Waals surface area contributed by atoms with Crippen LogP contribution in [0.2, 0.25) is 0 Å². The molecule has 0 saturated heterocycles. The Morgan fingerprint density at radius 1 is 1.11 bits per heavy atom. The number of nitrogens with one attached hydrogen (secondary N) is 1. The summed E-state index contributed by atoms with van der Waals surface area (Å²) in [6.45, 7) is 3.99. The molecule has 0 aliphatic heterocycles. The van der Waals surface area contributed by atoms with Crippen molar-refractivity contribution in [1.82, 2.24) is 5.32 Å². The summed E-state index contributed by atoms with van der Waals surface area (Å²) in [5.41, 5.74) is 2.65. The van der Waals surface area contributed by atoms with Crippen molar-refractivity contribution >= 4 is 21.6 Å². The Labute approximate surface area is 167 Å². The Kier molecular flexibility index (Phi) is 7.45. The fourth-order valence-electron chi connectivity index (χ4n) is 2.94. The highest BCUT2D eigenvalue weighted by Crippen LogP contribution is 2.21. The normalized spacial score (nSPS) is 12.3. The van der Waals surface area contributed by atoms with Crippen molar-refractivity contribution in [2.45, 2.75) is 32.7 Å². The number of carbonyl (C=O) groups excluding carboxylic acids is 1. The number of aryl methyl sites for hydroxylation is 2. The Morgan fingerprint density at radius 3 is 2.25 bits per heavy atom. The van der Waals surface area contributed by atoms with Crippen LogP contribution in [-0.4, -0.2) is 40.3 Å². The molecule has 1 atom stereocenters. The summed E-state index contributed by atoms with van der Waals surface area (Å²) in [4.78, 5) is 12.5. The predicted octanol–water partition coefficient (Wildman–Crippen LogP) is 2.91. The van der Waals surface area contributed by atoms with Crippen molar-refractivity contribution in [1.29, 1.82) is 0 Å². The van der Waals surface area contributed by atoms with Crippen LogP contribution in [0.15, 0.2) is 48.5 Å². The zero-order chi connectivity index (χ0) is 20.7. The molecule has 0 aliphatic carbocycles. The largest absolute Gasteiger partial charge is 0.497 e. The average molecular weight is 405 g/mol.